The zero-order valence-electron chi connectivity index (χ0n) is 35.6. The van der Waals surface area contributed by atoms with Gasteiger partial charge in [0.1, 0.15) is 0 Å². The number of hydrogen-bond acceptors (Lipinski definition) is 2. The maximum atomic E-state index is 6.15. The van der Waals surface area contributed by atoms with Crippen LogP contribution >= 0.6 is 35.2 Å². The summed E-state index contributed by atoms with van der Waals surface area (Å²) >= 11 is -0.346. The molecule has 0 heterocycles. The van der Waals surface area contributed by atoms with Crippen LogP contribution in [-0.4, -0.2) is 0 Å². The van der Waals surface area contributed by atoms with E-state index in [1.165, 1.54) is 64.5 Å². The molecule has 0 aliphatic carbocycles. The first-order chi connectivity index (χ1) is 32.1. The normalized spacial score (nSPS) is 11.9. The minimum Gasteiger partial charge on any atom is -0.0622 e. The summed E-state index contributed by atoms with van der Waals surface area (Å²) in [6, 6.07) is 91.4. The maximum Gasteiger partial charge on any atom is -0.000884 e. The van der Waals surface area contributed by atoms with Crippen molar-refractivity contribution in [2.75, 3.05) is 0 Å². The van der Waals surface area contributed by atoms with Crippen molar-refractivity contribution < 1.29 is 15.1 Å². The summed E-state index contributed by atoms with van der Waals surface area (Å²) in [6.07, 6.45) is 0. The van der Waals surface area contributed by atoms with Gasteiger partial charge in [-0.25, -0.2) is 0 Å². The molecule has 0 aromatic heterocycles. The molecule has 0 saturated carbocycles. The molecule has 0 saturated heterocycles. The Morgan fingerprint density at radius 3 is 0.846 bits per heavy atom. The van der Waals surface area contributed by atoms with Crippen molar-refractivity contribution >= 4 is 88.6 Å². The number of rotatable bonds is 10. The van der Waals surface area contributed by atoms with Crippen LogP contribution < -0.4 is 43.3 Å². The molecule has 0 bridgehead atoms. The molecule has 0 aliphatic heterocycles. The third kappa shape index (κ3) is 11.0. The second kappa shape index (κ2) is 23.2. The predicted molar refractivity (Wildman–Crippen MR) is 283 cm³/mol. The Bertz CT molecular complexity index is 2740. The van der Waals surface area contributed by atoms with Gasteiger partial charge in [0.05, 0.1) is 0 Å². The molecular formula is C58H48Cl2N2P2Ru+2. The Kier molecular flexibility index (Phi) is 16.5. The van der Waals surface area contributed by atoms with Crippen molar-refractivity contribution in [3.05, 3.63) is 266 Å². The monoisotopic (exact) mass is 1010 g/mol. The van der Waals surface area contributed by atoms with Crippen molar-refractivity contribution in [3.8, 4) is 11.1 Å². The van der Waals surface area contributed by atoms with Gasteiger partial charge in [0, 0.05) is 12.1 Å². The van der Waals surface area contributed by atoms with Crippen molar-refractivity contribution in [1.29, 1.82) is 0 Å². The second-order valence-corrected chi connectivity index (χ2v) is 22.3. The number of hydrogen-bond donors (Lipinski definition) is 2. The van der Waals surface area contributed by atoms with Crippen molar-refractivity contribution in [3.63, 3.8) is 0 Å². The largest absolute Gasteiger partial charge is 0.0622 e. The van der Waals surface area contributed by atoms with E-state index in [1.807, 2.05) is 60.7 Å². The summed E-state index contributed by atoms with van der Waals surface area (Å²) in [7, 11) is 8.00. The van der Waals surface area contributed by atoms with E-state index in [2.05, 4.69) is 194 Å². The molecule has 0 amide bonds. The van der Waals surface area contributed by atoms with E-state index < -0.39 is 15.8 Å². The van der Waals surface area contributed by atoms with E-state index >= 15 is 0 Å². The SMILES string of the molecule is N[C@@H](c1ccccc1)[C@@H](N)c1ccccc1.[Cl][Ru+2][Cl].c1ccc(P(c2ccccc2)c2ccc3ccccc3c2-c2c(P(c3ccccc3)c3ccccc3)ccc3ccccc23)cc1. The van der Waals surface area contributed by atoms with Crippen LogP contribution in [0.25, 0.3) is 32.7 Å². The van der Waals surface area contributed by atoms with Gasteiger partial charge in [-0.2, -0.15) is 0 Å². The van der Waals surface area contributed by atoms with Crippen molar-refractivity contribution in [2.45, 2.75) is 12.1 Å². The minimum atomic E-state index is -0.852. The minimum absolute atomic E-state index is 0.163. The van der Waals surface area contributed by atoms with Gasteiger partial charge >= 0.3 is 34.5 Å². The standard InChI is InChI=1S/C44H32P2.C14H16N2.2ClH.Ru/c1-5-19-35(20-6-1)45(36-21-7-2-8-22-36)41-31-29-33-17-13-15-27-39(33)43(41)44-40-28-16-14-18-34(40)30-32-42(44)46(37-23-9-3-10-24-37)38-25-11-4-12-26-38;15-13(11-7-3-1-4-8-11)14(16)12-9-5-2-6-10-12;;;/h1-32H;1-10,13-14H,15-16H2;2*1H;/q;;;;+4/p-2/t;13-,14-;;;/m.0.../s1. The fourth-order valence-corrected chi connectivity index (χ4v) is 13.3. The molecule has 10 aromatic carbocycles. The molecule has 7 heteroatoms. The van der Waals surface area contributed by atoms with E-state index in [-0.39, 0.29) is 27.2 Å². The zero-order chi connectivity index (χ0) is 44.8. The number of halogens is 2. The zero-order valence-corrected chi connectivity index (χ0v) is 40.6. The first kappa shape index (κ1) is 46.2. The van der Waals surface area contributed by atoms with Gasteiger partial charge in [-0.15, -0.1) is 0 Å². The topological polar surface area (TPSA) is 52.0 Å². The number of nitrogens with two attached hydrogens (primary N) is 2. The van der Waals surface area contributed by atoms with E-state index in [9.17, 15) is 0 Å². The Morgan fingerprint density at radius 2 is 0.554 bits per heavy atom. The third-order valence-electron chi connectivity index (χ3n) is 11.4. The quantitative estimate of drug-likeness (QED) is 0.106. The van der Waals surface area contributed by atoms with E-state index in [0.717, 1.165) is 11.1 Å². The average Bonchev–Trinajstić information content (AvgIpc) is 3.38. The van der Waals surface area contributed by atoms with E-state index in [0.29, 0.717) is 0 Å². The van der Waals surface area contributed by atoms with Gasteiger partial charge in [0.25, 0.3) is 0 Å². The van der Waals surface area contributed by atoms with Gasteiger partial charge in [-0.1, -0.05) is 255 Å². The van der Waals surface area contributed by atoms with Crippen LogP contribution in [0.3, 0.4) is 0 Å². The van der Waals surface area contributed by atoms with Crippen LogP contribution in [0.4, 0.5) is 0 Å². The van der Waals surface area contributed by atoms with Gasteiger partial charge < -0.3 is 11.5 Å². The summed E-state index contributed by atoms with van der Waals surface area (Å²) in [6.45, 7) is 0. The Balaban J connectivity index is 0.000000253. The molecule has 0 unspecified atom stereocenters. The van der Waals surface area contributed by atoms with Gasteiger partial charge in [0.15, 0.2) is 0 Å². The van der Waals surface area contributed by atoms with Crippen LogP contribution in [0, 0.1) is 0 Å². The second-order valence-electron chi connectivity index (χ2n) is 15.3. The molecule has 0 radical (unpaired) electrons. The van der Waals surface area contributed by atoms with Crippen LogP contribution in [0.1, 0.15) is 23.2 Å². The summed E-state index contributed by atoms with van der Waals surface area (Å²) in [4.78, 5) is 0. The van der Waals surface area contributed by atoms with Crippen LogP contribution in [0.5, 0.6) is 0 Å². The predicted octanol–water partition coefficient (Wildman–Crippen LogP) is 12.9. The van der Waals surface area contributed by atoms with Crippen molar-refractivity contribution in [1.82, 2.24) is 0 Å². The number of fused-ring (bicyclic) bond motifs is 2. The molecule has 2 atom stereocenters. The van der Waals surface area contributed by atoms with Gasteiger partial charge in [-0.3, -0.25) is 0 Å². The maximum absolute atomic E-state index is 6.15. The third-order valence-corrected chi connectivity index (χ3v) is 16.3. The molecule has 2 nitrogen and oxygen atoms in total. The number of benzene rings is 10. The van der Waals surface area contributed by atoms with E-state index in [4.69, 9.17) is 30.8 Å². The van der Waals surface area contributed by atoms with Gasteiger partial charge in [0.2, 0.25) is 0 Å². The summed E-state index contributed by atoms with van der Waals surface area (Å²) in [5.41, 5.74) is 17.1. The van der Waals surface area contributed by atoms with Crippen LogP contribution in [-0.2, 0) is 15.1 Å². The molecule has 0 fully saturated rings. The molecule has 65 heavy (non-hydrogen) atoms. The van der Waals surface area contributed by atoms with E-state index in [1.54, 1.807) is 0 Å². The molecule has 0 aliphatic rings. The Labute approximate surface area is 401 Å². The van der Waals surface area contributed by atoms with Crippen molar-refractivity contribution in [2.24, 2.45) is 11.5 Å². The Hall–Kier alpha value is -5.30. The fraction of sp³-hybridized carbons (Fsp3) is 0.0345. The fourth-order valence-electron chi connectivity index (χ4n) is 8.35. The summed E-state index contributed by atoms with van der Waals surface area (Å²) in [5, 5.41) is 13.3. The molecule has 10 aromatic rings. The average molecular weight is 1010 g/mol. The molecular weight excluding hydrogens is 959 g/mol. The summed E-state index contributed by atoms with van der Waals surface area (Å²) in [5.74, 6) is 0. The first-order valence-electron chi connectivity index (χ1n) is 21.4. The molecule has 0 spiro atoms. The first-order valence-corrected chi connectivity index (χ1v) is 28.5. The van der Waals surface area contributed by atoms with Crippen LogP contribution in [0.15, 0.2) is 255 Å². The molecule has 320 valence electrons. The van der Waals surface area contributed by atoms with Crippen LogP contribution in [0.2, 0.25) is 0 Å². The molecule has 4 N–H and O–H groups in total. The Morgan fingerprint density at radius 1 is 0.308 bits per heavy atom. The smallest absolute Gasteiger partial charge is 0.000884 e. The van der Waals surface area contributed by atoms with Gasteiger partial charge in [-0.05, 0) is 91.5 Å². The summed E-state index contributed by atoms with van der Waals surface area (Å²) < 4.78 is 0. The molecule has 10 rings (SSSR count).